The van der Waals surface area contributed by atoms with Crippen molar-refractivity contribution in [3.63, 3.8) is 0 Å². The smallest absolute Gasteiger partial charge is 0.369 e. The molecule has 0 unspecified atom stereocenters. The molecule has 4 aromatic rings. The summed E-state index contributed by atoms with van der Waals surface area (Å²) < 4.78 is 41.6. The first-order chi connectivity index (χ1) is 18.3. The molecule has 9 heteroatoms. The Hall–Kier alpha value is -3.72. The number of halogens is 3. The number of hydrogen-bond donors (Lipinski definition) is 0. The predicted octanol–water partition coefficient (Wildman–Crippen LogP) is 5.46. The molecule has 1 aromatic heterocycles. The van der Waals surface area contributed by atoms with Crippen LogP contribution >= 0.6 is 0 Å². The summed E-state index contributed by atoms with van der Waals surface area (Å²) in [4.78, 5) is 4.65. The van der Waals surface area contributed by atoms with Crippen LogP contribution in [0.25, 0.3) is 0 Å². The van der Waals surface area contributed by atoms with Crippen molar-refractivity contribution in [1.82, 2.24) is 25.1 Å². The summed E-state index contributed by atoms with van der Waals surface area (Å²) in [5.41, 5.74) is 4.92. The lowest BCUT2D eigenvalue weighted by atomic mass is 10.0. The lowest BCUT2D eigenvalue weighted by molar-refractivity contribution is -0.137. The Labute approximate surface area is 220 Å². The molecule has 38 heavy (non-hydrogen) atoms. The molecule has 0 N–H and O–H groups in total. The van der Waals surface area contributed by atoms with Gasteiger partial charge in [0.05, 0.1) is 11.6 Å². The van der Waals surface area contributed by atoms with E-state index in [1.807, 2.05) is 18.2 Å². The van der Waals surface area contributed by atoms with Gasteiger partial charge in [-0.25, -0.2) is 4.68 Å². The maximum atomic E-state index is 13.3. The van der Waals surface area contributed by atoms with Crippen molar-refractivity contribution in [1.29, 1.82) is 0 Å². The number of aryl methyl sites for hydroxylation is 4. The summed E-state index contributed by atoms with van der Waals surface area (Å²) in [6, 6.07) is 21.6. The largest absolute Gasteiger partial charge is 0.416 e. The van der Waals surface area contributed by atoms with Crippen LogP contribution in [0, 0.1) is 13.8 Å². The second-order valence-electron chi connectivity index (χ2n) is 9.83. The quantitative estimate of drug-likeness (QED) is 0.324. The topological polar surface area (TPSA) is 50.1 Å². The van der Waals surface area contributed by atoms with Gasteiger partial charge in [-0.15, -0.1) is 5.10 Å². The SMILES string of the molecule is Cc1ccc(C)c(N2CCN([C@H](c3ccc(C(F)(F)F)cc3)c3nnnn3CCc3ccccc3)CC2)c1. The minimum absolute atomic E-state index is 0.358. The maximum Gasteiger partial charge on any atom is 0.416 e. The van der Waals surface area contributed by atoms with Gasteiger partial charge in [0.2, 0.25) is 0 Å². The van der Waals surface area contributed by atoms with E-state index in [9.17, 15) is 13.2 Å². The Morgan fingerprint density at radius 3 is 2.26 bits per heavy atom. The highest BCUT2D eigenvalue weighted by Gasteiger charge is 2.33. The van der Waals surface area contributed by atoms with Crippen molar-refractivity contribution < 1.29 is 13.2 Å². The molecule has 0 radical (unpaired) electrons. The van der Waals surface area contributed by atoms with Gasteiger partial charge in [-0.1, -0.05) is 54.6 Å². The number of rotatable bonds is 7. The zero-order valence-corrected chi connectivity index (χ0v) is 21.6. The van der Waals surface area contributed by atoms with Gasteiger partial charge >= 0.3 is 6.18 Å². The summed E-state index contributed by atoms with van der Waals surface area (Å²) in [6.45, 7) is 7.84. The maximum absolute atomic E-state index is 13.3. The summed E-state index contributed by atoms with van der Waals surface area (Å²) in [7, 11) is 0. The fraction of sp³-hybridized carbons (Fsp3) is 0.345. The molecular formula is C29H31F3N6. The van der Waals surface area contributed by atoms with Crippen molar-refractivity contribution >= 4 is 5.69 Å². The summed E-state index contributed by atoms with van der Waals surface area (Å²) in [6.07, 6.45) is -3.64. The molecule has 0 amide bonds. The fourth-order valence-corrected chi connectivity index (χ4v) is 5.11. The lowest BCUT2D eigenvalue weighted by Gasteiger charge is -2.40. The second-order valence-corrected chi connectivity index (χ2v) is 9.83. The number of hydrogen-bond acceptors (Lipinski definition) is 5. The molecule has 1 saturated heterocycles. The van der Waals surface area contributed by atoms with Crippen LogP contribution in [-0.4, -0.2) is 51.3 Å². The first-order valence-electron chi connectivity index (χ1n) is 12.8. The number of aromatic nitrogens is 4. The molecule has 0 aliphatic carbocycles. The van der Waals surface area contributed by atoms with E-state index in [0.29, 0.717) is 12.4 Å². The first kappa shape index (κ1) is 25.9. The highest BCUT2D eigenvalue weighted by atomic mass is 19.4. The average molecular weight is 521 g/mol. The summed E-state index contributed by atoms with van der Waals surface area (Å²) >= 11 is 0. The number of anilines is 1. The van der Waals surface area contributed by atoms with Crippen molar-refractivity contribution in [2.45, 2.75) is 39.0 Å². The summed E-state index contributed by atoms with van der Waals surface area (Å²) in [5.74, 6) is 0.640. The number of alkyl halides is 3. The highest BCUT2D eigenvalue weighted by Crippen LogP contribution is 2.34. The van der Waals surface area contributed by atoms with E-state index in [-0.39, 0.29) is 6.04 Å². The van der Waals surface area contributed by atoms with Crippen LogP contribution < -0.4 is 4.90 Å². The molecule has 5 rings (SSSR count). The van der Waals surface area contributed by atoms with Crippen LogP contribution in [0.3, 0.4) is 0 Å². The van der Waals surface area contributed by atoms with E-state index >= 15 is 0 Å². The molecular weight excluding hydrogens is 489 g/mol. The van der Waals surface area contributed by atoms with Crippen LogP contribution in [0.2, 0.25) is 0 Å². The monoisotopic (exact) mass is 520 g/mol. The molecule has 1 aliphatic heterocycles. The molecule has 0 saturated carbocycles. The molecule has 0 spiro atoms. The van der Waals surface area contributed by atoms with Crippen LogP contribution in [0.5, 0.6) is 0 Å². The molecule has 0 bridgehead atoms. The molecule has 198 valence electrons. The van der Waals surface area contributed by atoms with E-state index in [2.05, 4.69) is 69.5 Å². The third-order valence-corrected chi connectivity index (χ3v) is 7.20. The van der Waals surface area contributed by atoms with Crippen molar-refractivity contribution in [2.75, 3.05) is 31.1 Å². The standard InChI is InChI=1S/C29H31F3N6/c1-21-8-9-22(2)26(20-21)36-16-18-37(19-17-36)27(24-10-12-25(13-11-24)29(30,31)32)28-33-34-35-38(28)15-14-23-6-4-3-5-7-23/h3-13,20,27H,14-19H2,1-2H3/t27-/m1/s1. The molecule has 1 fully saturated rings. The van der Waals surface area contributed by atoms with Gasteiger partial charge in [0.15, 0.2) is 5.82 Å². The molecule has 1 atom stereocenters. The first-order valence-corrected chi connectivity index (χ1v) is 12.8. The summed E-state index contributed by atoms with van der Waals surface area (Å²) in [5, 5.41) is 12.6. The normalized spacial score (nSPS) is 15.6. The van der Waals surface area contributed by atoms with Gasteiger partial charge < -0.3 is 4.90 Å². The molecule has 1 aliphatic rings. The van der Waals surface area contributed by atoms with E-state index in [4.69, 9.17) is 0 Å². The van der Waals surface area contributed by atoms with Crippen LogP contribution in [0.15, 0.2) is 72.8 Å². The lowest BCUT2D eigenvalue weighted by Crippen LogP contribution is -2.48. The number of nitrogens with zero attached hydrogens (tertiary/aromatic N) is 6. The van der Waals surface area contributed by atoms with Gasteiger partial charge in [0.25, 0.3) is 0 Å². The number of benzene rings is 3. The van der Waals surface area contributed by atoms with E-state index in [1.165, 1.54) is 22.4 Å². The Morgan fingerprint density at radius 1 is 0.868 bits per heavy atom. The zero-order chi connectivity index (χ0) is 26.7. The fourth-order valence-electron chi connectivity index (χ4n) is 5.11. The van der Waals surface area contributed by atoms with Crippen molar-refractivity contribution in [3.05, 3.63) is 106 Å². The predicted molar refractivity (Wildman–Crippen MR) is 141 cm³/mol. The van der Waals surface area contributed by atoms with Crippen molar-refractivity contribution in [3.8, 4) is 0 Å². The second kappa shape index (κ2) is 10.9. The third-order valence-electron chi connectivity index (χ3n) is 7.20. The van der Waals surface area contributed by atoms with E-state index in [1.54, 1.807) is 16.8 Å². The van der Waals surface area contributed by atoms with Gasteiger partial charge in [0, 0.05) is 38.4 Å². The van der Waals surface area contributed by atoms with Gasteiger partial charge in [0.1, 0.15) is 0 Å². The molecule has 3 aromatic carbocycles. The van der Waals surface area contributed by atoms with Crippen LogP contribution in [0.1, 0.15) is 39.7 Å². The third kappa shape index (κ3) is 5.72. The Morgan fingerprint density at radius 2 is 1.58 bits per heavy atom. The Kier molecular flexibility index (Phi) is 7.46. The molecule has 2 heterocycles. The average Bonchev–Trinajstić information content (AvgIpc) is 3.38. The number of piperazine rings is 1. The number of tetrazole rings is 1. The highest BCUT2D eigenvalue weighted by molar-refractivity contribution is 5.55. The van der Waals surface area contributed by atoms with Crippen molar-refractivity contribution in [2.24, 2.45) is 0 Å². The van der Waals surface area contributed by atoms with E-state index in [0.717, 1.165) is 50.3 Å². The minimum Gasteiger partial charge on any atom is -0.369 e. The van der Waals surface area contributed by atoms with Gasteiger partial charge in [-0.3, -0.25) is 4.90 Å². The van der Waals surface area contributed by atoms with Gasteiger partial charge in [-0.2, -0.15) is 13.2 Å². The zero-order valence-electron chi connectivity index (χ0n) is 21.6. The van der Waals surface area contributed by atoms with Gasteiger partial charge in [-0.05, 0) is 71.1 Å². The van der Waals surface area contributed by atoms with Crippen LogP contribution in [-0.2, 0) is 19.1 Å². The molecule has 6 nitrogen and oxygen atoms in total. The van der Waals surface area contributed by atoms with E-state index < -0.39 is 11.7 Å². The Balaban J connectivity index is 1.42. The minimum atomic E-state index is -4.39. The van der Waals surface area contributed by atoms with Crippen LogP contribution in [0.4, 0.5) is 18.9 Å². The Bertz CT molecular complexity index is 1340.